The summed E-state index contributed by atoms with van der Waals surface area (Å²) in [6.07, 6.45) is 1.78. The molecular weight excluding hydrogens is 407 g/mol. The van der Waals surface area contributed by atoms with E-state index in [1.54, 1.807) is 16.9 Å². The zero-order chi connectivity index (χ0) is 18.7. The maximum absolute atomic E-state index is 13.8. The molecule has 0 unspecified atom stereocenters. The standard InChI is InChI=1S/C17H16BrFN4O3/c18-12-1-2-16(14(19)7-12)26-10-11-9-21-23(15(11)8-20)13-3-5-22(6-4-13)17(24)25/h1-2,7,9,13H,3-6,10H2,(H,24,25). The summed E-state index contributed by atoms with van der Waals surface area (Å²) in [4.78, 5) is 12.3. The highest BCUT2D eigenvalue weighted by Gasteiger charge is 2.26. The van der Waals surface area contributed by atoms with Crippen LogP contribution >= 0.6 is 15.9 Å². The van der Waals surface area contributed by atoms with Crippen molar-refractivity contribution in [2.24, 2.45) is 0 Å². The van der Waals surface area contributed by atoms with E-state index >= 15 is 0 Å². The highest BCUT2D eigenvalue weighted by atomic mass is 79.9. The smallest absolute Gasteiger partial charge is 0.407 e. The van der Waals surface area contributed by atoms with Gasteiger partial charge in [0.25, 0.3) is 0 Å². The van der Waals surface area contributed by atoms with Crippen LogP contribution in [0.3, 0.4) is 0 Å². The van der Waals surface area contributed by atoms with E-state index in [-0.39, 0.29) is 18.4 Å². The summed E-state index contributed by atoms with van der Waals surface area (Å²) in [5.41, 5.74) is 0.923. The van der Waals surface area contributed by atoms with Crippen molar-refractivity contribution in [1.82, 2.24) is 14.7 Å². The molecule has 1 aliphatic heterocycles. The number of benzene rings is 1. The van der Waals surface area contributed by atoms with E-state index in [1.807, 2.05) is 0 Å². The van der Waals surface area contributed by atoms with Crippen LogP contribution < -0.4 is 4.74 Å². The first kappa shape index (κ1) is 18.2. The van der Waals surface area contributed by atoms with Gasteiger partial charge in [-0.3, -0.25) is 4.68 Å². The van der Waals surface area contributed by atoms with E-state index in [1.165, 1.54) is 17.0 Å². The number of aromatic nitrogens is 2. The SMILES string of the molecule is N#Cc1c(COc2ccc(Br)cc2F)cnn1C1CCN(C(=O)O)CC1. The van der Waals surface area contributed by atoms with Crippen LogP contribution in [0.25, 0.3) is 0 Å². The minimum absolute atomic E-state index is 0.0232. The molecule has 0 aliphatic carbocycles. The largest absolute Gasteiger partial charge is 0.486 e. The van der Waals surface area contributed by atoms with Gasteiger partial charge in [0.05, 0.1) is 12.2 Å². The van der Waals surface area contributed by atoms with E-state index in [9.17, 15) is 14.4 Å². The number of hydrogen-bond acceptors (Lipinski definition) is 4. The average molecular weight is 423 g/mol. The third-order valence-electron chi connectivity index (χ3n) is 4.34. The summed E-state index contributed by atoms with van der Waals surface area (Å²) in [6, 6.07) is 6.57. The molecule has 1 aromatic carbocycles. The number of carbonyl (C=O) groups is 1. The second-order valence-electron chi connectivity index (χ2n) is 5.94. The molecule has 1 N–H and O–H groups in total. The van der Waals surface area contributed by atoms with Gasteiger partial charge in [0, 0.05) is 23.1 Å². The molecule has 1 aliphatic rings. The van der Waals surface area contributed by atoms with E-state index in [0.29, 0.717) is 41.7 Å². The van der Waals surface area contributed by atoms with E-state index in [2.05, 4.69) is 27.1 Å². The van der Waals surface area contributed by atoms with Crippen molar-refractivity contribution in [3.63, 3.8) is 0 Å². The predicted octanol–water partition coefficient (Wildman–Crippen LogP) is 3.55. The van der Waals surface area contributed by atoms with Gasteiger partial charge in [-0.2, -0.15) is 10.4 Å². The van der Waals surface area contributed by atoms with Crippen molar-refractivity contribution in [2.45, 2.75) is 25.5 Å². The Bertz CT molecular complexity index is 856. The highest BCUT2D eigenvalue weighted by molar-refractivity contribution is 9.10. The maximum Gasteiger partial charge on any atom is 0.407 e. The molecule has 0 atom stereocenters. The molecule has 1 fully saturated rings. The van der Waals surface area contributed by atoms with Gasteiger partial charge in [0.2, 0.25) is 0 Å². The summed E-state index contributed by atoms with van der Waals surface area (Å²) in [6.45, 7) is 0.830. The van der Waals surface area contributed by atoms with Gasteiger partial charge in [-0.15, -0.1) is 0 Å². The lowest BCUT2D eigenvalue weighted by atomic mass is 10.1. The third-order valence-corrected chi connectivity index (χ3v) is 4.83. The Morgan fingerprint density at radius 2 is 2.19 bits per heavy atom. The Kier molecular flexibility index (Phi) is 5.42. The first-order valence-corrected chi connectivity index (χ1v) is 8.81. The molecule has 2 aromatic rings. The quantitative estimate of drug-likeness (QED) is 0.812. The summed E-state index contributed by atoms with van der Waals surface area (Å²) in [5.74, 6) is -0.397. The number of nitrogens with zero attached hydrogens (tertiary/aromatic N) is 4. The second kappa shape index (κ2) is 7.74. The Hall–Kier alpha value is -2.60. The molecule has 2 heterocycles. The van der Waals surface area contributed by atoms with Crippen molar-refractivity contribution in [2.75, 3.05) is 13.1 Å². The first-order chi connectivity index (χ1) is 12.5. The topological polar surface area (TPSA) is 91.4 Å². The van der Waals surface area contributed by atoms with Crippen molar-refractivity contribution in [3.8, 4) is 11.8 Å². The van der Waals surface area contributed by atoms with Gasteiger partial charge >= 0.3 is 6.09 Å². The minimum atomic E-state index is -0.935. The van der Waals surface area contributed by atoms with Crippen LogP contribution in [0.2, 0.25) is 0 Å². The summed E-state index contributed by atoms with van der Waals surface area (Å²) in [7, 11) is 0. The highest BCUT2D eigenvalue weighted by Crippen LogP contribution is 2.26. The molecule has 0 radical (unpaired) electrons. The van der Waals surface area contributed by atoms with Crippen molar-refractivity contribution < 1.29 is 19.0 Å². The Morgan fingerprint density at radius 1 is 1.46 bits per heavy atom. The van der Waals surface area contributed by atoms with Crippen molar-refractivity contribution in [1.29, 1.82) is 5.26 Å². The molecule has 1 aromatic heterocycles. The van der Waals surface area contributed by atoms with Crippen LogP contribution in [-0.4, -0.2) is 39.0 Å². The molecule has 0 saturated carbocycles. The zero-order valence-corrected chi connectivity index (χ0v) is 15.3. The summed E-state index contributed by atoms with van der Waals surface area (Å²) < 4.78 is 21.6. The van der Waals surface area contributed by atoms with Crippen LogP contribution in [0, 0.1) is 17.1 Å². The van der Waals surface area contributed by atoms with Gasteiger partial charge in [-0.25, -0.2) is 9.18 Å². The fourth-order valence-corrected chi connectivity index (χ4v) is 3.29. The van der Waals surface area contributed by atoms with Gasteiger partial charge < -0.3 is 14.7 Å². The lowest BCUT2D eigenvalue weighted by Gasteiger charge is -2.30. The van der Waals surface area contributed by atoms with Crippen LogP contribution in [0.5, 0.6) is 5.75 Å². The molecular formula is C17H16BrFN4O3. The lowest BCUT2D eigenvalue weighted by Crippen LogP contribution is -2.38. The fraction of sp³-hybridized carbons (Fsp3) is 0.353. The first-order valence-electron chi connectivity index (χ1n) is 8.01. The van der Waals surface area contributed by atoms with Gasteiger partial charge in [-0.05, 0) is 31.0 Å². The van der Waals surface area contributed by atoms with Crippen LogP contribution in [0.1, 0.15) is 30.1 Å². The Morgan fingerprint density at radius 3 is 2.81 bits per heavy atom. The minimum Gasteiger partial charge on any atom is -0.486 e. The van der Waals surface area contributed by atoms with Gasteiger partial charge in [0.15, 0.2) is 11.6 Å². The van der Waals surface area contributed by atoms with Crippen LogP contribution in [0.4, 0.5) is 9.18 Å². The second-order valence-corrected chi connectivity index (χ2v) is 6.85. The number of halogens is 2. The Labute approximate surface area is 157 Å². The van der Waals surface area contributed by atoms with E-state index in [4.69, 9.17) is 9.84 Å². The van der Waals surface area contributed by atoms with E-state index in [0.717, 1.165) is 0 Å². The number of carboxylic acid groups (broad SMARTS) is 1. The van der Waals surface area contributed by atoms with E-state index < -0.39 is 11.9 Å². The molecule has 1 saturated heterocycles. The normalized spacial score (nSPS) is 14.9. The van der Waals surface area contributed by atoms with Crippen molar-refractivity contribution in [3.05, 3.63) is 45.9 Å². The Balaban J connectivity index is 1.71. The number of hydrogen-bond donors (Lipinski definition) is 1. The zero-order valence-electron chi connectivity index (χ0n) is 13.7. The van der Waals surface area contributed by atoms with Crippen LogP contribution in [-0.2, 0) is 6.61 Å². The lowest BCUT2D eigenvalue weighted by molar-refractivity contribution is 0.123. The summed E-state index contributed by atoms with van der Waals surface area (Å²) >= 11 is 3.18. The molecule has 26 heavy (non-hydrogen) atoms. The van der Waals surface area contributed by atoms with Crippen LogP contribution in [0.15, 0.2) is 28.9 Å². The summed E-state index contributed by atoms with van der Waals surface area (Å²) in [5, 5.41) is 22.8. The molecule has 9 heteroatoms. The number of likely N-dealkylation sites (tertiary alicyclic amines) is 1. The number of rotatable bonds is 4. The van der Waals surface area contributed by atoms with Gasteiger partial charge in [0.1, 0.15) is 18.4 Å². The number of ether oxygens (including phenoxy) is 1. The molecule has 0 bridgehead atoms. The molecule has 1 amide bonds. The molecule has 0 spiro atoms. The van der Waals surface area contributed by atoms with Gasteiger partial charge in [-0.1, -0.05) is 15.9 Å². The monoisotopic (exact) mass is 422 g/mol. The maximum atomic E-state index is 13.8. The predicted molar refractivity (Wildman–Crippen MR) is 93.2 cm³/mol. The average Bonchev–Trinajstić information content (AvgIpc) is 3.04. The van der Waals surface area contributed by atoms with Crippen molar-refractivity contribution >= 4 is 22.0 Å². The molecule has 7 nitrogen and oxygen atoms in total. The number of piperidine rings is 1. The number of amides is 1. The fourth-order valence-electron chi connectivity index (χ4n) is 2.95. The number of nitriles is 1. The third kappa shape index (κ3) is 3.80. The molecule has 136 valence electrons. The molecule has 3 rings (SSSR count).